The minimum atomic E-state index is 0.558. The Morgan fingerprint density at radius 1 is 0.377 bits per heavy atom. The van der Waals surface area contributed by atoms with Gasteiger partial charge in [-0.3, -0.25) is 9.97 Å². The molecule has 8 aromatic carbocycles. The van der Waals surface area contributed by atoms with Gasteiger partial charge in [-0.2, -0.15) is 5.26 Å². The molecule has 0 aliphatic heterocycles. The molecule has 12 rings (SSSR count). The summed E-state index contributed by atoms with van der Waals surface area (Å²) in [5.74, 6) is 1.70. The maximum absolute atomic E-state index is 9.46. The lowest BCUT2D eigenvalue weighted by atomic mass is 9.90. The summed E-state index contributed by atoms with van der Waals surface area (Å²) in [4.78, 5) is 25.1. The predicted octanol–water partition coefficient (Wildman–Crippen LogP) is 13.4. The van der Waals surface area contributed by atoms with Crippen molar-refractivity contribution in [2.45, 2.75) is 0 Å². The lowest BCUT2D eigenvalue weighted by molar-refractivity contribution is 0.669. The average Bonchev–Trinajstić information content (AvgIpc) is 3.71. The summed E-state index contributed by atoms with van der Waals surface area (Å²) in [6.07, 6.45) is 3.71. The van der Waals surface area contributed by atoms with E-state index in [2.05, 4.69) is 84.9 Å². The van der Waals surface area contributed by atoms with Gasteiger partial charge in [0.25, 0.3) is 0 Å². The van der Waals surface area contributed by atoms with Gasteiger partial charge in [0, 0.05) is 61.8 Å². The van der Waals surface area contributed by atoms with Gasteiger partial charge in [-0.15, -0.1) is 0 Å². The largest absolute Gasteiger partial charge is 0.456 e. The van der Waals surface area contributed by atoms with E-state index in [9.17, 15) is 5.26 Å². The second kappa shape index (κ2) is 13.8. The zero-order chi connectivity index (χ0) is 40.4. The van der Waals surface area contributed by atoms with Crippen LogP contribution in [0.2, 0.25) is 0 Å². The van der Waals surface area contributed by atoms with E-state index in [1.165, 1.54) is 0 Å². The molecule has 0 bridgehead atoms. The Hall–Kier alpha value is -8.60. The van der Waals surface area contributed by atoms with Gasteiger partial charge in [-0.05, 0) is 99.4 Å². The molecule has 7 nitrogen and oxygen atoms in total. The smallest absolute Gasteiger partial charge is 0.164 e. The van der Waals surface area contributed by atoms with E-state index < -0.39 is 0 Å². The van der Waals surface area contributed by atoms with E-state index in [0.29, 0.717) is 23.0 Å². The summed E-state index contributed by atoms with van der Waals surface area (Å²) in [5.41, 5.74) is 10.7. The lowest BCUT2D eigenvalue weighted by Gasteiger charge is -2.15. The fraction of sp³-hybridized carbons (Fsp3) is 0. The minimum absolute atomic E-state index is 0.558. The Labute approximate surface area is 348 Å². The molecule has 0 saturated carbocycles. The quantitative estimate of drug-likeness (QED) is 0.160. The van der Waals surface area contributed by atoms with E-state index in [-0.39, 0.29) is 0 Å². The van der Waals surface area contributed by atoms with Crippen molar-refractivity contribution in [3.05, 3.63) is 188 Å². The molecule has 0 saturated heterocycles. The van der Waals surface area contributed by atoms with Crippen LogP contribution in [0.25, 0.3) is 122 Å². The molecule has 7 heteroatoms. The van der Waals surface area contributed by atoms with Crippen molar-refractivity contribution >= 4 is 65.3 Å². The maximum atomic E-state index is 9.46. The molecule has 4 heterocycles. The fourth-order valence-electron chi connectivity index (χ4n) is 8.67. The first-order valence-electron chi connectivity index (χ1n) is 20.0. The van der Waals surface area contributed by atoms with Crippen molar-refractivity contribution in [2.75, 3.05) is 0 Å². The number of fused-ring (bicyclic) bond motifs is 9. The molecule has 0 amide bonds. The van der Waals surface area contributed by atoms with Crippen LogP contribution in [0, 0.1) is 11.3 Å². The summed E-state index contributed by atoms with van der Waals surface area (Å²) >= 11 is 0. The first-order chi connectivity index (χ1) is 30.1. The molecular weight excluding hydrogens is 749 g/mol. The van der Waals surface area contributed by atoms with E-state index in [0.717, 1.165) is 104 Å². The lowest BCUT2D eigenvalue weighted by Crippen LogP contribution is -2.00. The average molecular weight is 779 g/mol. The van der Waals surface area contributed by atoms with E-state index in [1.54, 1.807) is 0 Å². The van der Waals surface area contributed by atoms with Crippen LogP contribution in [-0.2, 0) is 0 Å². The van der Waals surface area contributed by atoms with Crippen LogP contribution in [-0.4, -0.2) is 24.9 Å². The maximum Gasteiger partial charge on any atom is 0.164 e. The highest BCUT2D eigenvalue weighted by molar-refractivity contribution is 6.22. The normalized spacial score (nSPS) is 11.6. The topological polar surface area (TPSA) is 101 Å². The van der Waals surface area contributed by atoms with Crippen LogP contribution in [0.15, 0.2) is 187 Å². The van der Waals surface area contributed by atoms with Gasteiger partial charge in [0.05, 0.1) is 22.7 Å². The molecule has 0 N–H and O–H groups in total. The fourth-order valence-corrected chi connectivity index (χ4v) is 8.67. The Kier molecular flexibility index (Phi) is 7.77. The minimum Gasteiger partial charge on any atom is -0.456 e. The van der Waals surface area contributed by atoms with Crippen LogP contribution in [0.5, 0.6) is 0 Å². The summed E-state index contributed by atoms with van der Waals surface area (Å²) in [6.45, 7) is 0. The van der Waals surface area contributed by atoms with E-state index in [4.69, 9.17) is 29.3 Å². The van der Waals surface area contributed by atoms with Gasteiger partial charge < -0.3 is 4.42 Å². The van der Waals surface area contributed by atoms with Gasteiger partial charge in [0.2, 0.25) is 0 Å². The first-order valence-corrected chi connectivity index (χ1v) is 20.0. The molecule has 0 radical (unpaired) electrons. The van der Waals surface area contributed by atoms with Crippen molar-refractivity contribution in [1.82, 2.24) is 24.9 Å². The van der Waals surface area contributed by atoms with Crippen LogP contribution in [0.3, 0.4) is 0 Å². The molecule has 0 aliphatic carbocycles. The molecule has 0 spiro atoms. The summed E-state index contributed by atoms with van der Waals surface area (Å²) in [5, 5.41) is 17.9. The Morgan fingerprint density at radius 2 is 0.934 bits per heavy atom. The number of hydrogen-bond donors (Lipinski definition) is 0. The highest BCUT2D eigenvalue weighted by Gasteiger charge is 2.19. The van der Waals surface area contributed by atoms with E-state index in [1.807, 2.05) is 103 Å². The van der Waals surface area contributed by atoms with E-state index >= 15 is 0 Å². The molecule has 0 aliphatic rings. The molecule has 12 aromatic rings. The summed E-state index contributed by atoms with van der Waals surface area (Å²) in [7, 11) is 0. The van der Waals surface area contributed by atoms with Crippen LogP contribution in [0.4, 0.5) is 0 Å². The Balaban J connectivity index is 1.02. The standard InChI is InChI=1S/C54H30N6O/c55-31-32-17-18-35-26-37(20-19-34(35)25-32)45-30-47-42-14-7-23-56-50(42)44(29-46(47)43-15-8-24-57-51(43)45)36-11-6-12-38(27-36)53-58-52(33-9-2-1-3-10-33)59-54(60-53)39-21-22-41-40-13-4-5-16-48(40)61-49(41)28-39/h1-30H. The number of benzene rings is 8. The summed E-state index contributed by atoms with van der Waals surface area (Å²) in [6, 6.07) is 59.8. The number of nitriles is 1. The number of hydrogen-bond acceptors (Lipinski definition) is 7. The summed E-state index contributed by atoms with van der Waals surface area (Å²) < 4.78 is 6.26. The number of furan rings is 1. The van der Waals surface area contributed by atoms with Gasteiger partial charge >= 0.3 is 0 Å². The van der Waals surface area contributed by atoms with Crippen molar-refractivity contribution in [3.8, 4) is 62.5 Å². The molecular formula is C54H30N6O. The number of rotatable bonds is 5. The third kappa shape index (κ3) is 5.77. The number of nitrogens with zero attached hydrogens (tertiary/aromatic N) is 6. The molecule has 282 valence electrons. The number of pyridine rings is 2. The molecule has 4 aromatic heterocycles. The van der Waals surface area contributed by atoms with Gasteiger partial charge in [-0.1, -0.05) is 103 Å². The van der Waals surface area contributed by atoms with Crippen LogP contribution >= 0.6 is 0 Å². The first kappa shape index (κ1) is 34.4. The zero-order valence-corrected chi connectivity index (χ0v) is 32.4. The second-order valence-electron chi connectivity index (χ2n) is 15.2. The van der Waals surface area contributed by atoms with Crippen LogP contribution in [0.1, 0.15) is 5.56 Å². The predicted molar refractivity (Wildman–Crippen MR) is 245 cm³/mol. The van der Waals surface area contributed by atoms with Crippen molar-refractivity contribution in [3.63, 3.8) is 0 Å². The van der Waals surface area contributed by atoms with Gasteiger partial charge in [-0.25, -0.2) is 15.0 Å². The molecule has 0 atom stereocenters. The number of para-hydroxylation sites is 1. The molecule has 0 fully saturated rings. The van der Waals surface area contributed by atoms with Crippen molar-refractivity contribution in [2.24, 2.45) is 0 Å². The number of aromatic nitrogens is 5. The Bertz CT molecular complexity index is 3790. The van der Waals surface area contributed by atoms with Crippen molar-refractivity contribution in [1.29, 1.82) is 5.26 Å². The highest BCUT2D eigenvalue weighted by atomic mass is 16.3. The SMILES string of the molecule is N#Cc1ccc2cc(-c3cc4c5cccnc5c(-c5cccc(-c6nc(-c7ccccc7)nc(-c7ccc8c(c7)oc7ccccc78)n6)c5)cc4c4cccnc34)ccc2c1. The van der Waals surface area contributed by atoms with Gasteiger partial charge in [0.1, 0.15) is 11.2 Å². The highest BCUT2D eigenvalue weighted by Crippen LogP contribution is 2.42. The third-order valence-electron chi connectivity index (χ3n) is 11.6. The Morgan fingerprint density at radius 3 is 1.67 bits per heavy atom. The van der Waals surface area contributed by atoms with Crippen molar-refractivity contribution < 1.29 is 4.42 Å². The molecule has 61 heavy (non-hydrogen) atoms. The van der Waals surface area contributed by atoms with Crippen LogP contribution < -0.4 is 0 Å². The zero-order valence-electron chi connectivity index (χ0n) is 32.4. The third-order valence-corrected chi connectivity index (χ3v) is 11.6. The monoisotopic (exact) mass is 778 g/mol. The molecule has 0 unspecified atom stereocenters. The second-order valence-corrected chi connectivity index (χ2v) is 15.2. The van der Waals surface area contributed by atoms with Gasteiger partial charge in [0.15, 0.2) is 17.5 Å².